The van der Waals surface area contributed by atoms with Crippen LogP contribution >= 0.6 is 0 Å². The fraction of sp³-hybridized carbons (Fsp3) is 0.850. The molecule has 0 saturated carbocycles. The first-order valence-corrected chi connectivity index (χ1v) is 9.51. The molecule has 26 heavy (non-hydrogen) atoms. The minimum atomic E-state index is -1.13. The predicted molar refractivity (Wildman–Crippen MR) is 97.9 cm³/mol. The van der Waals surface area contributed by atoms with Gasteiger partial charge in [0, 0.05) is 55.7 Å². The van der Waals surface area contributed by atoms with E-state index in [-0.39, 0.29) is 12.2 Å². The van der Waals surface area contributed by atoms with Crippen LogP contribution in [0.25, 0.3) is 0 Å². The minimum absolute atomic E-state index is 0.00758. The number of nitroso groups, excluding NO2 is 1. The lowest BCUT2D eigenvalue weighted by atomic mass is 9.64. The van der Waals surface area contributed by atoms with Gasteiger partial charge in [-0.15, -0.1) is 0 Å². The summed E-state index contributed by atoms with van der Waals surface area (Å²) in [5.74, 6) is 0.777. The van der Waals surface area contributed by atoms with Crippen LogP contribution in [0, 0.1) is 4.91 Å². The highest BCUT2D eigenvalue weighted by atomic mass is 16.5. The second-order valence-electron chi connectivity index (χ2n) is 10.5. The zero-order valence-corrected chi connectivity index (χ0v) is 17.4. The van der Waals surface area contributed by atoms with Crippen molar-refractivity contribution in [2.45, 2.75) is 109 Å². The van der Waals surface area contributed by atoms with E-state index in [1.807, 2.05) is 55.4 Å². The number of Topliss-reactive ketones (excluding diaryl/α,β-unsaturated/α-hetero) is 1. The quantitative estimate of drug-likeness (QED) is 0.662. The van der Waals surface area contributed by atoms with Gasteiger partial charge in [-0.25, -0.2) is 0 Å². The third-order valence-electron chi connectivity index (χ3n) is 6.89. The highest BCUT2D eigenvalue weighted by Crippen LogP contribution is 2.53. The highest BCUT2D eigenvalue weighted by Gasteiger charge is 2.72. The zero-order valence-electron chi connectivity index (χ0n) is 17.4. The Labute approximate surface area is 156 Å². The maximum Gasteiger partial charge on any atom is 0.251 e. The van der Waals surface area contributed by atoms with Gasteiger partial charge >= 0.3 is 0 Å². The van der Waals surface area contributed by atoms with Crippen LogP contribution in [-0.2, 0) is 9.53 Å². The molecule has 0 unspecified atom stereocenters. The fourth-order valence-electron chi connectivity index (χ4n) is 5.40. The second kappa shape index (κ2) is 5.16. The van der Waals surface area contributed by atoms with Crippen LogP contribution in [-0.4, -0.2) is 48.6 Å². The summed E-state index contributed by atoms with van der Waals surface area (Å²) in [6.45, 7) is 15.1. The van der Waals surface area contributed by atoms with Crippen LogP contribution < -0.4 is 0 Å². The molecule has 1 fully saturated rings. The van der Waals surface area contributed by atoms with E-state index < -0.39 is 27.8 Å². The average molecular weight is 365 g/mol. The maximum absolute atomic E-state index is 13.2. The third-order valence-corrected chi connectivity index (χ3v) is 6.89. The summed E-state index contributed by atoms with van der Waals surface area (Å²) in [6, 6.07) is 0. The Morgan fingerprint density at radius 3 is 2.19 bits per heavy atom. The lowest BCUT2D eigenvalue weighted by Crippen LogP contribution is -2.72. The maximum atomic E-state index is 13.2. The van der Waals surface area contributed by atoms with Crippen molar-refractivity contribution in [3.8, 4) is 0 Å². The molecule has 1 saturated heterocycles. The van der Waals surface area contributed by atoms with Crippen LogP contribution in [0.2, 0.25) is 0 Å². The number of carbonyl (C=O) groups excluding carboxylic acids is 1. The van der Waals surface area contributed by atoms with E-state index in [2.05, 4.69) is 0 Å². The summed E-state index contributed by atoms with van der Waals surface area (Å²) >= 11 is 0. The van der Waals surface area contributed by atoms with Crippen LogP contribution in [0.5, 0.6) is 0 Å². The first kappa shape index (κ1) is 19.5. The summed E-state index contributed by atoms with van der Waals surface area (Å²) in [4.78, 5) is 26.3. The molecule has 6 heteroatoms. The van der Waals surface area contributed by atoms with Gasteiger partial charge in [-0.2, -0.15) is 5.06 Å². The van der Waals surface area contributed by atoms with Crippen LogP contribution in [0.15, 0.2) is 11.3 Å². The van der Waals surface area contributed by atoms with Crippen molar-refractivity contribution in [3.05, 3.63) is 16.2 Å². The molecule has 0 amide bonds. The summed E-state index contributed by atoms with van der Waals surface area (Å²) in [5, 5.41) is 12.1. The van der Waals surface area contributed by atoms with Gasteiger partial charge in [0.2, 0.25) is 11.1 Å². The van der Waals surface area contributed by atoms with Crippen molar-refractivity contribution in [3.63, 3.8) is 0 Å². The molecular weight excluding hydrogens is 332 g/mol. The van der Waals surface area contributed by atoms with Gasteiger partial charge in [0.25, 0.3) is 5.54 Å². The molecule has 0 aromatic carbocycles. The Hall–Kier alpha value is -1.27. The van der Waals surface area contributed by atoms with Gasteiger partial charge in [-0.1, -0.05) is 0 Å². The Morgan fingerprint density at radius 2 is 1.62 bits per heavy atom. The van der Waals surface area contributed by atoms with E-state index in [1.54, 1.807) is 0 Å². The highest BCUT2D eigenvalue weighted by molar-refractivity contribution is 5.90. The predicted octanol–water partition coefficient (Wildman–Crippen LogP) is 3.75. The molecule has 0 aromatic heterocycles. The number of carbonyl (C=O) groups is 1. The number of nitrogens with zero attached hydrogens (tertiary/aromatic N) is 2. The molecule has 0 bridgehead atoms. The minimum Gasteiger partial charge on any atom is -0.476 e. The molecule has 3 heterocycles. The second-order valence-corrected chi connectivity index (χ2v) is 10.5. The molecule has 6 nitrogen and oxygen atoms in total. The van der Waals surface area contributed by atoms with Crippen molar-refractivity contribution in [2.75, 3.05) is 0 Å². The molecule has 0 aromatic rings. The van der Waals surface area contributed by atoms with E-state index in [4.69, 9.17) is 4.74 Å². The van der Waals surface area contributed by atoms with Gasteiger partial charge in [-0.05, 0) is 39.7 Å². The first-order valence-electron chi connectivity index (χ1n) is 9.51. The topological polar surface area (TPSA) is 69.9 Å². The molecule has 1 spiro atoms. The van der Waals surface area contributed by atoms with Crippen molar-refractivity contribution in [2.24, 2.45) is 0 Å². The Balaban J connectivity index is 2.10. The molecule has 1 atom stereocenters. The number of ketones is 1. The number of hydrogen-bond donors (Lipinski definition) is 1. The normalized spacial score (nSPS) is 35.3. The standard InChI is InChI=1S/C20H33N2O4/c1-16(2)11-14-13(18(5,6)21(16)24)9-10-20(26-14)15(23)12-17(3,4)22(25)19(20,7)8/h24H,9-12H2,1-8H3/q+1/t20-/m0/s1. The molecule has 3 aliphatic heterocycles. The van der Waals surface area contributed by atoms with Gasteiger partial charge in [0.15, 0.2) is 5.78 Å². The number of hydroxylamine groups is 2. The molecule has 0 radical (unpaired) electrons. The van der Waals surface area contributed by atoms with Gasteiger partial charge < -0.3 is 9.94 Å². The fourth-order valence-corrected chi connectivity index (χ4v) is 5.40. The number of hydrogen-bond acceptors (Lipinski definition) is 5. The average Bonchev–Trinajstić information content (AvgIpc) is 2.49. The lowest BCUT2D eigenvalue weighted by Gasteiger charge is -2.55. The molecule has 3 aliphatic rings. The van der Waals surface area contributed by atoms with E-state index in [0.717, 1.165) is 16.1 Å². The van der Waals surface area contributed by atoms with Crippen LogP contribution in [0.3, 0.4) is 0 Å². The van der Waals surface area contributed by atoms with E-state index >= 15 is 0 Å². The first-order chi connectivity index (χ1) is 11.6. The zero-order chi connectivity index (χ0) is 19.9. The molecule has 0 aliphatic carbocycles. The van der Waals surface area contributed by atoms with E-state index in [0.29, 0.717) is 19.3 Å². The number of rotatable bonds is 0. The van der Waals surface area contributed by atoms with Gasteiger partial charge in [0.05, 0.1) is 12.0 Å². The van der Waals surface area contributed by atoms with E-state index in [9.17, 15) is 14.9 Å². The lowest BCUT2D eigenvalue weighted by molar-refractivity contribution is -0.701. The third kappa shape index (κ3) is 2.27. The smallest absolute Gasteiger partial charge is 0.251 e. The summed E-state index contributed by atoms with van der Waals surface area (Å²) < 4.78 is 7.54. The van der Waals surface area contributed by atoms with Crippen LogP contribution in [0.4, 0.5) is 0 Å². The molecular formula is C20H33N2O4+. The van der Waals surface area contributed by atoms with Crippen molar-refractivity contribution in [1.29, 1.82) is 0 Å². The van der Waals surface area contributed by atoms with Crippen molar-refractivity contribution < 1.29 is 19.5 Å². The van der Waals surface area contributed by atoms with Crippen molar-refractivity contribution in [1.82, 2.24) is 5.06 Å². The largest absolute Gasteiger partial charge is 0.476 e. The van der Waals surface area contributed by atoms with E-state index in [1.165, 1.54) is 5.06 Å². The summed E-state index contributed by atoms with van der Waals surface area (Å²) in [5.41, 5.74) is -2.90. The molecule has 3 rings (SSSR count). The monoisotopic (exact) mass is 365 g/mol. The Bertz CT molecular complexity index is 717. The van der Waals surface area contributed by atoms with Crippen molar-refractivity contribution >= 4 is 5.78 Å². The van der Waals surface area contributed by atoms with Crippen LogP contribution in [0.1, 0.15) is 81.1 Å². The molecule has 1 N–H and O–H groups in total. The summed E-state index contributed by atoms with van der Waals surface area (Å²) in [7, 11) is 0. The van der Waals surface area contributed by atoms with Gasteiger partial charge in [-0.3, -0.25) is 4.79 Å². The summed E-state index contributed by atoms with van der Waals surface area (Å²) in [6.07, 6.45) is 1.79. The Kier molecular flexibility index (Phi) is 3.87. The Morgan fingerprint density at radius 1 is 1.04 bits per heavy atom. The molecule has 146 valence electrons. The number of piperidine rings is 1. The van der Waals surface area contributed by atoms with Gasteiger partial charge in [0.1, 0.15) is 5.76 Å². The SMILES string of the molecule is CC1(C)CC2=C(CC[C@]3(O2)C(=O)CC(C)(C)[N+](=O)C3(C)C)C(C)(C)N1O. The number of ether oxygens (including phenoxy) is 1.